The lowest BCUT2D eigenvalue weighted by molar-refractivity contribution is 0.585. The zero-order chi connectivity index (χ0) is 12.2. The van der Waals surface area contributed by atoms with Gasteiger partial charge in [-0.1, -0.05) is 23.3 Å². The number of aromatic nitrogens is 4. The van der Waals surface area contributed by atoms with Gasteiger partial charge in [-0.05, 0) is 12.1 Å². The lowest BCUT2D eigenvalue weighted by Crippen LogP contribution is -1.88. The molecule has 0 atom stereocenters. The van der Waals surface area contributed by atoms with Crippen molar-refractivity contribution in [2.75, 3.05) is 5.32 Å². The van der Waals surface area contributed by atoms with Crippen molar-refractivity contribution in [3.63, 3.8) is 0 Å². The third-order valence-electron chi connectivity index (χ3n) is 2.23. The first kappa shape index (κ1) is 10.4. The minimum absolute atomic E-state index is 0.321. The molecule has 0 unspecified atom stereocenters. The van der Waals surface area contributed by atoms with E-state index in [-0.39, 0.29) is 0 Å². The van der Waals surface area contributed by atoms with Crippen molar-refractivity contribution in [2.45, 2.75) is 0 Å². The summed E-state index contributed by atoms with van der Waals surface area (Å²) in [6.07, 6.45) is 4.73. The molecule has 0 radical (unpaired) electrons. The second-order valence-electron chi connectivity index (χ2n) is 3.49. The largest absolute Gasteiger partial charge is 0.401 e. The highest BCUT2D eigenvalue weighted by Crippen LogP contribution is 2.19. The van der Waals surface area contributed by atoms with Gasteiger partial charge in [0.2, 0.25) is 0 Å². The van der Waals surface area contributed by atoms with Crippen molar-refractivity contribution >= 4 is 11.7 Å². The predicted molar refractivity (Wildman–Crippen MR) is 65.0 cm³/mol. The van der Waals surface area contributed by atoms with Crippen LogP contribution in [0.25, 0.3) is 11.6 Å². The summed E-state index contributed by atoms with van der Waals surface area (Å²) in [6, 6.07) is 9.91. The summed E-state index contributed by atoms with van der Waals surface area (Å²) in [5.41, 5.74) is 1.43. The van der Waals surface area contributed by atoms with Gasteiger partial charge >= 0.3 is 6.01 Å². The minimum atomic E-state index is 0.321. The number of rotatable bonds is 3. The van der Waals surface area contributed by atoms with Gasteiger partial charge in [0.25, 0.3) is 5.89 Å². The van der Waals surface area contributed by atoms with E-state index < -0.39 is 0 Å². The number of para-hydroxylation sites is 1. The van der Waals surface area contributed by atoms with Crippen LogP contribution in [-0.4, -0.2) is 20.2 Å². The Morgan fingerprint density at radius 2 is 1.89 bits per heavy atom. The van der Waals surface area contributed by atoms with Gasteiger partial charge in [-0.3, -0.25) is 4.98 Å². The van der Waals surface area contributed by atoms with E-state index in [1.807, 2.05) is 30.3 Å². The fraction of sp³-hybridized carbons (Fsp3) is 0. The van der Waals surface area contributed by atoms with Crippen LogP contribution in [0.15, 0.2) is 53.3 Å². The number of anilines is 2. The van der Waals surface area contributed by atoms with Crippen molar-refractivity contribution in [1.29, 1.82) is 0 Å². The van der Waals surface area contributed by atoms with E-state index in [1.54, 1.807) is 18.6 Å². The molecule has 0 bridgehead atoms. The number of hydrogen-bond acceptors (Lipinski definition) is 6. The van der Waals surface area contributed by atoms with Crippen molar-refractivity contribution in [3.05, 3.63) is 48.9 Å². The molecule has 0 aliphatic carbocycles. The van der Waals surface area contributed by atoms with E-state index >= 15 is 0 Å². The quantitative estimate of drug-likeness (QED) is 0.755. The van der Waals surface area contributed by atoms with Gasteiger partial charge in [0, 0.05) is 18.1 Å². The molecule has 3 aromatic rings. The lowest BCUT2D eigenvalue weighted by atomic mass is 10.3. The molecule has 0 aliphatic rings. The average molecular weight is 239 g/mol. The molecule has 0 saturated heterocycles. The van der Waals surface area contributed by atoms with Crippen molar-refractivity contribution in [2.24, 2.45) is 0 Å². The predicted octanol–water partition coefficient (Wildman–Crippen LogP) is 2.27. The highest BCUT2D eigenvalue weighted by molar-refractivity contribution is 5.53. The van der Waals surface area contributed by atoms with Crippen LogP contribution >= 0.6 is 0 Å². The molecule has 6 nitrogen and oxygen atoms in total. The average Bonchev–Trinajstić information content (AvgIpc) is 2.89. The Morgan fingerprint density at radius 1 is 1.00 bits per heavy atom. The molecule has 6 heteroatoms. The number of hydrogen-bond donors (Lipinski definition) is 1. The minimum Gasteiger partial charge on any atom is -0.401 e. The summed E-state index contributed by atoms with van der Waals surface area (Å²) >= 11 is 0. The molecular weight excluding hydrogens is 230 g/mol. The normalized spacial score (nSPS) is 10.2. The molecule has 18 heavy (non-hydrogen) atoms. The first-order valence-corrected chi connectivity index (χ1v) is 5.34. The van der Waals surface area contributed by atoms with E-state index in [4.69, 9.17) is 4.42 Å². The SMILES string of the molecule is c1ccc(Nc2nnc(-c3cnccn3)o2)cc1. The van der Waals surface area contributed by atoms with Gasteiger partial charge in [0.05, 0.1) is 6.20 Å². The number of nitrogens with one attached hydrogen (secondary N) is 1. The Labute approximate surface area is 103 Å². The van der Waals surface area contributed by atoms with Gasteiger partial charge in [0.1, 0.15) is 5.69 Å². The first-order chi connectivity index (χ1) is 8.92. The smallest absolute Gasteiger partial charge is 0.320 e. The summed E-state index contributed by atoms with van der Waals surface area (Å²) in [6.45, 7) is 0. The van der Waals surface area contributed by atoms with Crippen LogP contribution in [-0.2, 0) is 0 Å². The molecule has 1 aromatic carbocycles. The van der Waals surface area contributed by atoms with Gasteiger partial charge in [-0.2, -0.15) is 0 Å². The number of nitrogens with zero attached hydrogens (tertiary/aromatic N) is 4. The molecular formula is C12H9N5O. The van der Waals surface area contributed by atoms with E-state index in [9.17, 15) is 0 Å². The Balaban J connectivity index is 1.82. The zero-order valence-electron chi connectivity index (χ0n) is 9.32. The summed E-state index contributed by atoms with van der Waals surface area (Å²) in [7, 11) is 0. The fourth-order valence-electron chi connectivity index (χ4n) is 1.43. The van der Waals surface area contributed by atoms with Crippen LogP contribution < -0.4 is 5.32 Å². The van der Waals surface area contributed by atoms with Crippen molar-refractivity contribution in [1.82, 2.24) is 20.2 Å². The van der Waals surface area contributed by atoms with Crippen LogP contribution in [0.4, 0.5) is 11.7 Å². The zero-order valence-corrected chi connectivity index (χ0v) is 9.32. The maximum Gasteiger partial charge on any atom is 0.320 e. The van der Waals surface area contributed by atoms with Gasteiger partial charge in [-0.25, -0.2) is 4.98 Å². The summed E-state index contributed by atoms with van der Waals surface area (Å²) in [4.78, 5) is 8.03. The lowest BCUT2D eigenvalue weighted by Gasteiger charge is -1.98. The Kier molecular flexibility index (Phi) is 2.67. The van der Waals surface area contributed by atoms with Gasteiger partial charge < -0.3 is 9.73 Å². The Morgan fingerprint density at radius 3 is 2.67 bits per heavy atom. The standard InChI is InChI=1S/C12H9N5O/c1-2-4-9(5-3-1)15-12-17-16-11(18-12)10-8-13-6-7-14-10/h1-8H,(H,15,17). The van der Waals surface area contributed by atoms with E-state index in [1.165, 1.54) is 0 Å². The molecule has 0 aliphatic heterocycles. The van der Waals surface area contributed by atoms with Crippen LogP contribution in [0.5, 0.6) is 0 Å². The first-order valence-electron chi connectivity index (χ1n) is 5.34. The molecule has 0 fully saturated rings. The highest BCUT2D eigenvalue weighted by Gasteiger charge is 2.09. The Bertz CT molecular complexity index is 623. The van der Waals surface area contributed by atoms with Gasteiger partial charge in [-0.15, -0.1) is 5.10 Å². The summed E-state index contributed by atoms with van der Waals surface area (Å²) < 4.78 is 5.44. The molecule has 3 rings (SSSR count). The maximum atomic E-state index is 5.44. The van der Waals surface area contributed by atoms with Crippen LogP contribution in [0.1, 0.15) is 0 Å². The molecule has 88 valence electrons. The Hall–Kier alpha value is -2.76. The summed E-state index contributed by atoms with van der Waals surface area (Å²) in [5.74, 6) is 0.335. The van der Waals surface area contributed by atoms with E-state index in [0.717, 1.165) is 5.69 Å². The third kappa shape index (κ3) is 2.17. The summed E-state index contributed by atoms with van der Waals surface area (Å²) in [5, 5.41) is 10.8. The topological polar surface area (TPSA) is 76.7 Å². The molecule has 0 spiro atoms. The molecule has 2 aromatic heterocycles. The highest BCUT2D eigenvalue weighted by atomic mass is 16.4. The number of benzene rings is 1. The van der Waals surface area contributed by atoms with E-state index in [0.29, 0.717) is 17.6 Å². The third-order valence-corrected chi connectivity index (χ3v) is 2.23. The van der Waals surface area contributed by atoms with Crippen molar-refractivity contribution in [3.8, 4) is 11.6 Å². The van der Waals surface area contributed by atoms with Crippen molar-refractivity contribution < 1.29 is 4.42 Å². The molecule has 1 N–H and O–H groups in total. The molecule has 0 saturated carbocycles. The molecule has 2 heterocycles. The molecule has 0 amide bonds. The monoisotopic (exact) mass is 239 g/mol. The second-order valence-corrected chi connectivity index (χ2v) is 3.49. The van der Waals surface area contributed by atoms with Gasteiger partial charge in [0.15, 0.2) is 0 Å². The fourth-order valence-corrected chi connectivity index (χ4v) is 1.43. The van der Waals surface area contributed by atoms with E-state index in [2.05, 4.69) is 25.5 Å². The van der Waals surface area contributed by atoms with Crippen LogP contribution in [0.2, 0.25) is 0 Å². The van der Waals surface area contributed by atoms with Crippen LogP contribution in [0, 0.1) is 0 Å². The maximum absolute atomic E-state index is 5.44. The second kappa shape index (κ2) is 4.62. The van der Waals surface area contributed by atoms with Crippen LogP contribution in [0.3, 0.4) is 0 Å².